The van der Waals surface area contributed by atoms with Crippen LogP contribution in [0.2, 0.25) is 5.02 Å². The Bertz CT molecular complexity index is 1040. The van der Waals surface area contributed by atoms with Gasteiger partial charge in [-0.3, -0.25) is 14.3 Å². The summed E-state index contributed by atoms with van der Waals surface area (Å²) in [6.45, 7) is 0. The van der Waals surface area contributed by atoms with Crippen molar-refractivity contribution >= 4 is 34.9 Å². The molecule has 1 aromatic carbocycles. The third kappa shape index (κ3) is 4.12. The van der Waals surface area contributed by atoms with E-state index in [9.17, 15) is 19.1 Å². The molecular formula is C21H25ClFN5O3. The van der Waals surface area contributed by atoms with Gasteiger partial charge in [-0.15, -0.1) is 0 Å². The monoisotopic (exact) mass is 449 g/mol. The summed E-state index contributed by atoms with van der Waals surface area (Å²) in [5, 5.41) is 17.8. The van der Waals surface area contributed by atoms with Gasteiger partial charge in [0.15, 0.2) is 0 Å². The molecule has 2 unspecified atom stereocenters. The molecule has 2 aliphatic carbocycles. The maximum absolute atomic E-state index is 13.4. The van der Waals surface area contributed by atoms with Crippen LogP contribution in [0.25, 0.3) is 0 Å². The van der Waals surface area contributed by atoms with Crippen LogP contribution in [-0.2, 0) is 11.8 Å². The second-order valence-electron chi connectivity index (χ2n) is 8.82. The van der Waals surface area contributed by atoms with Crippen molar-refractivity contribution in [2.75, 3.05) is 11.1 Å². The van der Waals surface area contributed by atoms with E-state index < -0.39 is 23.2 Å². The normalized spacial score (nSPS) is 27.3. The molecule has 166 valence electrons. The molecule has 2 atom stereocenters. The van der Waals surface area contributed by atoms with Crippen LogP contribution in [-0.4, -0.2) is 32.3 Å². The number of fused-ring (bicyclic) bond motifs is 1. The van der Waals surface area contributed by atoms with Gasteiger partial charge in [-0.05, 0) is 55.7 Å². The van der Waals surface area contributed by atoms with E-state index in [1.807, 2.05) is 0 Å². The topological polar surface area (TPSA) is 136 Å². The number of hydrogen-bond acceptors (Lipinski definition) is 5. The third-order valence-corrected chi connectivity index (χ3v) is 6.83. The van der Waals surface area contributed by atoms with Crippen LogP contribution in [0.5, 0.6) is 0 Å². The Kier molecular flexibility index (Phi) is 5.43. The minimum Gasteiger partial charge on any atom is -0.389 e. The van der Waals surface area contributed by atoms with Gasteiger partial charge < -0.3 is 21.9 Å². The molecule has 2 fully saturated rings. The molecule has 2 aromatic rings. The van der Waals surface area contributed by atoms with Gasteiger partial charge in [-0.2, -0.15) is 5.10 Å². The fourth-order valence-electron chi connectivity index (χ4n) is 5.31. The van der Waals surface area contributed by atoms with Gasteiger partial charge in [0.25, 0.3) is 5.91 Å². The first kappa shape index (κ1) is 21.6. The molecule has 2 saturated carbocycles. The number of nitrogen functional groups attached to an aromatic ring is 1. The van der Waals surface area contributed by atoms with E-state index in [4.69, 9.17) is 23.1 Å². The molecule has 31 heavy (non-hydrogen) atoms. The summed E-state index contributed by atoms with van der Waals surface area (Å²) in [4.78, 5) is 24.3. The number of halogens is 2. The van der Waals surface area contributed by atoms with Crippen molar-refractivity contribution in [3.8, 4) is 0 Å². The quantitative estimate of drug-likeness (QED) is 0.556. The van der Waals surface area contributed by atoms with Crippen LogP contribution in [0.3, 0.4) is 0 Å². The standard InChI is InChI=1S/C21H25ClFN5O3/c1-28-19(25)17(20(30)26-13-2-3-15(23)14(22)6-13)18(27-28)10-4-11-7-21(31,9-16(24)29)8-12(11)5-10/h2-3,6,10-12,31H,4-5,7-9,25H2,1H3,(H2,24,29)(H,26,30). The van der Waals surface area contributed by atoms with E-state index >= 15 is 0 Å². The van der Waals surface area contributed by atoms with E-state index in [1.54, 1.807) is 7.05 Å². The summed E-state index contributed by atoms with van der Waals surface area (Å²) in [7, 11) is 1.67. The number of rotatable bonds is 5. The van der Waals surface area contributed by atoms with Crippen LogP contribution < -0.4 is 16.8 Å². The summed E-state index contributed by atoms with van der Waals surface area (Å²) in [5.41, 5.74) is 11.6. The number of nitrogens with two attached hydrogens (primary N) is 2. The first-order valence-corrected chi connectivity index (χ1v) is 10.5. The second kappa shape index (κ2) is 7.80. The molecule has 1 heterocycles. The number of nitrogens with one attached hydrogen (secondary N) is 1. The van der Waals surface area contributed by atoms with E-state index in [1.165, 1.54) is 22.9 Å². The van der Waals surface area contributed by atoms with E-state index in [0.717, 1.165) is 12.8 Å². The van der Waals surface area contributed by atoms with Gasteiger partial charge in [-0.25, -0.2) is 4.39 Å². The fraction of sp³-hybridized carbons (Fsp3) is 0.476. The number of hydrogen-bond donors (Lipinski definition) is 4. The molecule has 0 spiro atoms. The van der Waals surface area contributed by atoms with Crippen molar-refractivity contribution in [1.82, 2.24) is 9.78 Å². The molecule has 0 radical (unpaired) electrons. The molecule has 4 rings (SSSR count). The largest absolute Gasteiger partial charge is 0.389 e. The molecular weight excluding hydrogens is 425 g/mol. The van der Waals surface area contributed by atoms with E-state index in [2.05, 4.69) is 10.4 Å². The van der Waals surface area contributed by atoms with Gasteiger partial charge in [0.1, 0.15) is 17.2 Å². The Morgan fingerprint density at radius 2 is 2.00 bits per heavy atom. The Morgan fingerprint density at radius 1 is 1.35 bits per heavy atom. The number of aliphatic hydroxyl groups is 1. The van der Waals surface area contributed by atoms with Crippen LogP contribution in [0.4, 0.5) is 15.9 Å². The minimum atomic E-state index is -1.04. The average Bonchev–Trinajstić information content (AvgIpc) is 3.27. The van der Waals surface area contributed by atoms with Crippen molar-refractivity contribution in [3.63, 3.8) is 0 Å². The lowest BCUT2D eigenvalue weighted by atomic mass is 9.89. The van der Waals surface area contributed by atoms with Crippen LogP contribution in [0, 0.1) is 17.7 Å². The molecule has 6 N–H and O–H groups in total. The zero-order valence-electron chi connectivity index (χ0n) is 17.1. The van der Waals surface area contributed by atoms with Crippen molar-refractivity contribution in [1.29, 1.82) is 0 Å². The van der Waals surface area contributed by atoms with Gasteiger partial charge in [0, 0.05) is 18.7 Å². The molecule has 2 aliphatic rings. The van der Waals surface area contributed by atoms with Crippen molar-refractivity contribution in [3.05, 3.63) is 40.3 Å². The van der Waals surface area contributed by atoms with Crippen LogP contribution >= 0.6 is 11.6 Å². The van der Waals surface area contributed by atoms with Crippen molar-refractivity contribution in [2.45, 2.75) is 43.6 Å². The zero-order valence-corrected chi connectivity index (χ0v) is 17.8. The van der Waals surface area contributed by atoms with E-state index in [0.29, 0.717) is 29.8 Å². The Labute approximate surface area is 183 Å². The van der Waals surface area contributed by atoms with Crippen molar-refractivity contribution < 1.29 is 19.1 Å². The van der Waals surface area contributed by atoms with E-state index in [-0.39, 0.29) is 35.0 Å². The Balaban J connectivity index is 1.53. The Hall–Kier alpha value is -2.65. The highest BCUT2D eigenvalue weighted by Gasteiger charge is 2.50. The molecule has 2 amide bonds. The summed E-state index contributed by atoms with van der Waals surface area (Å²) < 4.78 is 14.9. The third-order valence-electron chi connectivity index (χ3n) is 6.54. The maximum Gasteiger partial charge on any atom is 0.261 e. The highest BCUT2D eigenvalue weighted by Crippen LogP contribution is 2.55. The number of benzene rings is 1. The first-order valence-electron chi connectivity index (χ1n) is 10.2. The number of carbonyl (C=O) groups is 2. The van der Waals surface area contributed by atoms with Crippen molar-refractivity contribution in [2.24, 2.45) is 24.6 Å². The number of primary amides is 1. The SMILES string of the molecule is Cn1nc(C2CC3CC(O)(CC(N)=O)CC3C2)c(C(=O)Nc2ccc(F)c(Cl)c2)c1N. The highest BCUT2D eigenvalue weighted by molar-refractivity contribution is 6.31. The van der Waals surface area contributed by atoms with Gasteiger partial charge in [-0.1, -0.05) is 11.6 Å². The number of aromatic nitrogens is 2. The average molecular weight is 450 g/mol. The lowest BCUT2D eigenvalue weighted by Gasteiger charge is -2.23. The summed E-state index contributed by atoms with van der Waals surface area (Å²) in [6.07, 6.45) is 2.47. The van der Waals surface area contributed by atoms with Gasteiger partial charge >= 0.3 is 0 Å². The number of amides is 2. The molecule has 0 bridgehead atoms. The number of carbonyl (C=O) groups excluding carboxylic acids is 2. The summed E-state index contributed by atoms with van der Waals surface area (Å²) >= 11 is 5.81. The smallest absolute Gasteiger partial charge is 0.261 e. The van der Waals surface area contributed by atoms with Gasteiger partial charge in [0.05, 0.1) is 22.7 Å². The zero-order chi connectivity index (χ0) is 22.5. The minimum absolute atomic E-state index is 0.00850. The highest BCUT2D eigenvalue weighted by atomic mass is 35.5. The molecule has 0 aliphatic heterocycles. The predicted octanol–water partition coefficient (Wildman–Crippen LogP) is 2.56. The number of aryl methyl sites for hydroxylation is 1. The lowest BCUT2D eigenvalue weighted by molar-refractivity contribution is -0.122. The second-order valence-corrected chi connectivity index (χ2v) is 9.22. The summed E-state index contributed by atoms with van der Waals surface area (Å²) in [5.74, 6) is -0.817. The molecule has 1 aromatic heterocycles. The lowest BCUT2D eigenvalue weighted by Crippen LogP contribution is -2.32. The number of nitrogens with zero attached hydrogens (tertiary/aromatic N) is 2. The maximum atomic E-state index is 13.4. The molecule has 0 saturated heterocycles. The fourth-order valence-corrected chi connectivity index (χ4v) is 5.49. The predicted molar refractivity (Wildman–Crippen MR) is 114 cm³/mol. The molecule has 8 nitrogen and oxygen atoms in total. The summed E-state index contributed by atoms with van der Waals surface area (Å²) in [6, 6.07) is 3.93. The van der Waals surface area contributed by atoms with Crippen LogP contribution in [0.15, 0.2) is 18.2 Å². The Morgan fingerprint density at radius 3 is 2.58 bits per heavy atom. The molecule has 10 heteroatoms. The first-order chi connectivity index (χ1) is 14.6. The van der Waals surface area contributed by atoms with Crippen LogP contribution in [0.1, 0.15) is 54.1 Å². The van der Waals surface area contributed by atoms with Gasteiger partial charge in [0.2, 0.25) is 5.91 Å². The number of anilines is 2.